The van der Waals surface area contributed by atoms with Gasteiger partial charge in [-0.1, -0.05) is 0 Å². The summed E-state index contributed by atoms with van der Waals surface area (Å²) in [5.41, 5.74) is 0. The minimum atomic E-state index is 0. The van der Waals surface area contributed by atoms with Crippen molar-refractivity contribution in [2.45, 2.75) is 0 Å². The van der Waals surface area contributed by atoms with Gasteiger partial charge in [-0.15, -0.1) is 0 Å². The van der Waals surface area contributed by atoms with E-state index in [4.69, 9.17) is 0 Å². The topological polar surface area (TPSA) is 390 Å². The summed E-state index contributed by atoms with van der Waals surface area (Å²) in [7, 11) is 0. The number of halogens is 3. The van der Waals surface area contributed by atoms with Gasteiger partial charge in [-0.3, -0.25) is 0 Å². The quantitative estimate of drug-likeness (QED) is 0.279. The van der Waals surface area contributed by atoms with Crippen LogP contribution >= 0.6 is 0 Å². The van der Waals surface area contributed by atoms with Crippen molar-refractivity contribution in [1.29, 1.82) is 0 Å². The first-order chi connectivity index (χ1) is 0. The van der Waals surface area contributed by atoms with Gasteiger partial charge in [0, 0.05) is 52.1 Å². The molecule has 0 saturated heterocycles. The Morgan fingerprint density at radius 2 is 0.200 bits per heavy atom. The molecule has 0 aromatic carbocycles. The summed E-state index contributed by atoms with van der Waals surface area (Å²) in [5.74, 6) is 0. The fourth-order valence-corrected chi connectivity index (χ4v) is 0. The van der Waals surface area contributed by atoms with Gasteiger partial charge >= 0.3 is 26.2 Å². The summed E-state index contributed by atoms with van der Waals surface area (Å²) in [6, 6.07) is 0. The monoisotopic (exact) mass is 497 g/mol. The second-order valence-electron chi connectivity index (χ2n) is 0. The van der Waals surface area contributed by atoms with Gasteiger partial charge < -0.3 is 108 Å². The fraction of sp³-hybridized carbons (Fsp3) is 0. The maximum Gasteiger partial charge on any atom is 4.00 e. The summed E-state index contributed by atoms with van der Waals surface area (Å²) in [6.45, 7) is 0. The van der Waals surface area contributed by atoms with Crippen molar-refractivity contribution >= 4 is 52.1 Å². The van der Waals surface area contributed by atoms with Crippen LogP contribution in [-0.4, -0.2) is 123 Å². The predicted octanol–water partition coefficient (Wildman–Crippen LogP) is -12.4. The Morgan fingerprint density at radius 3 is 0.200 bits per heavy atom. The van der Waals surface area contributed by atoms with Crippen LogP contribution in [0.25, 0.3) is 0 Å². The van der Waals surface area contributed by atoms with Gasteiger partial charge in [0.05, 0.1) is 0 Å². The van der Waals surface area contributed by atoms with Crippen LogP contribution in [0.1, 0.15) is 0 Å². The van der Waals surface area contributed by atoms with E-state index in [1.807, 2.05) is 0 Å². The van der Waals surface area contributed by atoms with E-state index in [0.29, 0.717) is 0 Å². The smallest absolute Gasteiger partial charge is 1.00 e. The van der Waals surface area contributed by atoms with E-state index < -0.39 is 0 Å². The Hall–Kier alpha value is 2.83. The van der Waals surface area contributed by atoms with Crippen LogP contribution in [0, 0.1) is 0 Å². The molecule has 20 heteroatoms. The van der Waals surface area contributed by atoms with E-state index in [1.54, 1.807) is 0 Å². The SMILES string of the molecule is [Al].[Al].[Al].[Cl-].[Cl-].[Cl-].[OH-].[OH-].[OH-].[OH-].[OH-].[OH-].[OH-].[OH-].[OH-].[OH-].[OH-].[OH-].[OH-].[Zr+4]. The minimum absolute atomic E-state index is 0. The van der Waals surface area contributed by atoms with Gasteiger partial charge in [0.1, 0.15) is 0 Å². The first-order valence-corrected chi connectivity index (χ1v) is 0. The zero-order chi connectivity index (χ0) is 0. The molecule has 0 aliphatic carbocycles. The third-order valence-corrected chi connectivity index (χ3v) is 0. The molecule has 0 rings (SSSR count). The standard InChI is InChI=1S/3Al.3ClH.13H2O.Zr/h;;;3*1H;13*1H2;/q;;;;;;;;;;;;;;;;;;;+4/p-16. The maximum atomic E-state index is 0. The average Bonchev–Trinajstić information content (AvgIpc) is 0. The van der Waals surface area contributed by atoms with Crippen LogP contribution in [0.4, 0.5) is 0 Å². The van der Waals surface area contributed by atoms with Crippen LogP contribution in [0.5, 0.6) is 0 Å². The molecule has 0 saturated carbocycles. The van der Waals surface area contributed by atoms with E-state index in [0.717, 1.165) is 0 Å². The molecule has 0 atom stereocenters. The summed E-state index contributed by atoms with van der Waals surface area (Å²) in [4.78, 5) is 0. The molecule has 0 heterocycles. The molecule has 0 bridgehead atoms. The van der Waals surface area contributed by atoms with Crippen molar-refractivity contribution in [2.75, 3.05) is 0 Å². The molecule has 0 aromatic rings. The van der Waals surface area contributed by atoms with Crippen LogP contribution in [0.15, 0.2) is 0 Å². The van der Waals surface area contributed by atoms with Crippen LogP contribution < -0.4 is 37.2 Å². The third kappa shape index (κ3) is 1020. The molecule has 13 N–H and O–H groups in total. The molecule has 0 unspecified atom stereocenters. The predicted molar refractivity (Wildman–Crippen MR) is 42.4 cm³/mol. The summed E-state index contributed by atoms with van der Waals surface area (Å²) < 4.78 is 0. The Balaban J connectivity index is 0. The summed E-state index contributed by atoms with van der Waals surface area (Å²) >= 11 is 0. The minimum Gasteiger partial charge on any atom is -1.00 e. The molecular weight excluding hydrogens is 487 g/mol. The molecule has 20 heavy (non-hydrogen) atoms. The molecule has 0 aromatic heterocycles. The Labute approximate surface area is 185 Å². The van der Waals surface area contributed by atoms with Gasteiger partial charge in [0.25, 0.3) is 0 Å². The number of hydrogen-bond donors (Lipinski definition) is 0. The van der Waals surface area contributed by atoms with Crippen molar-refractivity contribution in [2.24, 2.45) is 0 Å². The molecule has 137 valence electrons. The van der Waals surface area contributed by atoms with Crippen LogP contribution in [0.3, 0.4) is 0 Å². The van der Waals surface area contributed by atoms with E-state index in [-0.39, 0.29) is 187 Å². The van der Waals surface area contributed by atoms with Gasteiger partial charge in [0.15, 0.2) is 0 Å². The Morgan fingerprint density at radius 1 is 0.200 bits per heavy atom. The Kier molecular flexibility index (Phi) is 80300. The second kappa shape index (κ2) is 1180. The summed E-state index contributed by atoms with van der Waals surface area (Å²) in [6.07, 6.45) is 0. The van der Waals surface area contributed by atoms with E-state index >= 15 is 0 Å². The van der Waals surface area contributed by atoms with E-state index in [1.165, 1.54) is 0 Å². The maximum absolute atomic E-state index is 0. The van der Waals surface area contributed by atoms with E-state index in [2.05, 4.69) is 0 Å². The zero-order valence-corrected chi connectivity index (χ0v) is 17.4. The van der Waals surface area contributed by atoms with Crippen molar-refractivity contribution in [3.63, 3.8) is 0 Å². The molecule has 13 nitrogen and oxygen atoms in total. The Bertz CT molecular complexity index is 28.8. The third-order valence-electron chi connectivity index (χ3n) is 0. The van der Waals surface area contributed by atoms with E-state index in [9.17, 15) is 0 Å². The normalized spacial score (nSPS) is 0. The largest absolute Gasteiger partial charge is 4.00 e. The molecule has 0 spiro atoms. The van der Waals surface area contributed by atoms with Gasteiger partial charge in [-0.2, -0.15) is 0 Å². The second-order valence-corrected chi connectivity index (χ2v) is 0. The van der Waals surface area contributed by atoms with Crippen molar-refractivity contribution < 1.29 is 135 Å². The van der Waals surface area contributed by atoms with Crippen molar-refractivity contribution in [1.82, 2.24) is 0 Å². The van der Waals surface area contributed by atoms with Gasteiger partial charge in [0.2, 0.25) is 0 Å². The molecule has 0 aliphatic rings. The first kappa shape index (κ1) is 1360. The number of rotatable bonds is 0. The molecular formula is H13Al3Cl3O13Zr-12. The van der Waals surface area contributed by atoms with Crippen molar-refractivity contribution in [3.05, 3.63) is 0 Å². The zero-order valence-electron chi connectivity index (χ0n) is 9.18. The van der Waals surface area contributed by atoms with Crippen molar-refractivity contribution in [3.8, 4) is 0 Å². The van der Waals surface area contributed by atoms with Crippen LogP contribution in [-0.2, 0) is 26.2 Å². The first-order valence-electron chi connectivity index (χ1n) is 0. The van der Waals surface area contributed by atoms with Gasteiger partial charge in [-0.25, -0.2) is 0 Å². The molecule has 0 amide bonds. The molecule has 9 radical (unpaired) electrons. The molecule has 0 fully saturated rings. The van der Waals surface area contributed by atoms with Gasteiger partial charge in [-0.05, 0) is 0 Å². The summed E-state index contributed by atoms with van der Waals surface area (Å²) in [5, 5.41) is 0. The molecule has 0 aliphatic heterocycles. The average molecular weight is 500 g/mol. The fourth-order valence-electron chi connectivity index (χ4n) is 0. The van der Waals surface area contributed by atoms with Crippen LogP contribution in [0.2, 0.25) is 0 Å². The number of hydrogen-bond acceptors (Lipinski definition) is 13.